The summed E-state index contributed by atoms with van der Waals surface area (Å²) in [6.07, 6.45) is 6.93. The molecule has 1 heterocycles. The van der Waals surface area contributed by atoms with Crippen LogP contribution in [0.15, 0.2) is 40.8 Å². The van der Waals surface area contributed by atoms with Gasteiger partial charge in [-0.1, -0.05) is 25.7 Å². The smallest absolute Gasteiger partial charge is 0.287 e. The minimum Gasteiger partial charge on any atom is -0.486 e. The summed E-state index contributed by atoms with van der Waals surface area (Å²) in [7, 11) is 0. The van der Waals surface area contributed by atoms with Gasteiger partial charge in [-0.05, 0) is 56.2 Å². The Balaban J connectivity index is 1.52. The van der Waals surface area contributed by atoms with Crippen molar-refractivity contribution in [3.8, 4) is 5.75 Å². The molecule has 26 heavy (non-hydrogen) atoms. The van der Waals surface area contributed by atoms with Crippen LogP contribution in [0, 0.1) is 0 Å². The zero-order chi connectivity index (χ0) is 18.4. The fourth-order valence-electron chi connectivity index (χ4n) is 3.20. The Morgan fingerprint density at radius 2 is 1.73 bits per heavy atom. The van der Waals surface area contributed by atoms with Crippen LogP contribution in [-0.2, 0) is 6.61 Å². The van der Waals surface area contributed by atoms with E-state index in [9.17, 15) is 9.59 Å². The summed E-state index contributed by atoms with van der Waals surface area (Å²) in [6, 6.07) is 10.6. The molecule has 0 saturated heterocycles. The van der Waals surface area contributed by atoms with Crippen molar-refractivity contribution < 1.29 is 18.7 Å². The van der Waals surface area contributed by atoms with Crippen LogP contribution in [-0.4, -0.2) is 17.7 Å². The summed E-state index contributed by atoms with van der Waals surface area (Å²) in [5.74, 6) is 1.42. The molecule has 0 spiro atoms. The molecule has 5 heteroatoms. The first-order valence-corrected chi connectivity index (χ1v) is 9.25. The molecule has 5 nitrogen and oxygen atoms in total. The van der Waals surface area contributed by atoms with Crippen LogP contribution >= 0.6 is 0 Å². The normalized spacial score (nSPS) is 15.3. The molecule has 138 valence electrons. The number of furan rings is 1. The van der Waals surface area contributed by atoms with Crippen molar-refractivity contribution in [3.05, 3.63) is 53.5 Å². The molecule has 0 radical (unpaired) electrons. The molecular formula is C21H25NO4. The number of ketones is 1. The van der Waals surface area contributed by atoms with Gasteiger partial charge in [0.15, 0.2) is 11.5 Å². The van der Waals surface area contributed by atoms with E-state index in [2.05, 4.69) is 5.32 Å². The van der Waals surface area contributed by atoms with Gasteiger partial charge in [0.05, 0.1) is 0 Å². The number of hydrogen-bond acceptors (Lipinski definition) is 4. The lowest BCUT2D eigenvalue weighted by Crippen LogP contribution is -2.34. The second kappa shape index (κ2) is 8.70. The van der Waals surface area contributed by atoms with Gasteiger partial charge in [-0.15, -0.1) is 0 Å². The van der Waals surface area contributed by atoms with Crippen LogP contribution < -0.4 is 10.1 Å². The summed E-state index contributed by atoms with van der Waals surface area (Å²) in [6.45, 7) is 1.76. The number of Topliss-reactive ketones (excluding diaryl/α,β-unsaturated/α-hetero) is 1. The summed E-state index contributed by atoms with van der Waals surface area (Å²) in [4.78, 5) is 23.6. The molecule has 1 saturated carbocycles. The Kier molecular flexibility index (Phi) is 6.10. The molecule has 0 atom stereocenters. The minimum atomic E-state index is -0.158. The highest BCUT2D eigenvalue weighted by atomic mass is 16.5. The molecule has 1 fully saturated rings. The number of carbonyl (C=O) groups is 2. The zero-order valence-electron chi connectivity index (χ0n) is 15.1. The van der Waals surface area contributed by atoms with Gasteiger partial charge in [0.2, 0.25) is 0 Å². The van der Waals surface area contributed by atoms with Gasteiger partial charge in [-0.2, -0.15) is 0 Å². The summed E-state index contributed by atoms with van der Waals surface area (Å²) in [5, 5.41) is 3.07. The van der Waals surface area contributed by atoms with Crippen molar-refractivity contribution in [2.75, 3.05) is 0 Å². The number of hydrogen-bond donors (Lipinski definition) is 1. The number of nitrogens with one attached hydrogen (secondary N) is 1. The second-order valence-corrected chi connectivity index (χ2v) is 6.80. The molecule has 1 N–H and O–H groups in total. The molecule has 0 bridgehead atoms. The van der Waals surface area contributed by atoms with Gasteiger partial charge in [-0.3, -0.25) is 9.59 Å². The third kappa shape index (κ3) is 4.97. The van der Waals surface area contributed by atoms with Crippen LogP contribution in [0.5, 0.6) is 5.75 Å². The summed E-state index contributed by atoms with van der Waals surface area (Å²) >= 11 is 0. The predicted molar refractivity (Wildman–Crippen MR) is 98.4 cm³/mol. The zero-order valence-corrected chi connectivity index (χ0v) is 15.1. The maximum absolute atomic E-state index is 12.3. The molecule has 3 rings (SSSR count). The first-order chi connectivity index (χ1) is 12.6. The van der Waals surface area contributed by atoms with E-state index in [1.165, 1.54) is 32.6 Å². The van der Waals surface area contributed by atoms with E-state index in [0.29, 0.717) is 22.8 Å². The summed E-state index contributed by atoms with van der Waals surface area (Å²) < 4.78 is 11.3. The topological polar surface area (TPSA) is 68.5 Å². The third-order valence-corrected chi connectivity index (χ3v) is 4.72. The predicted octanol–water partition coefficient (Wildman–Crippen LogP) is 4.51. The number of carbonyl (C=O) groups excluding carboxylic acids is 2. The molecule has 2 aromatic rings. The molecule has 0 unspecified atom stereocenters. The van der Waals surface area contributed by atoms with Gasteiger partial charge >= 0.3 is 0 Å². The Hall–Kier alpha value is -2.56. The van der Waals surface area contributed by atoms with Crippen LogP contribution in [0.4, 0.5) is 0 Å². The number of benzene rings is 1. The van der Waals surface area contributed by atoms with Crippen molar-refractivity contribution in [2.45, 2.75) is 58.1 Å². The molecule has 1 aromatic carbocycles. The third-order valence-electron chi connectivity index (χ3n) is 4.72. The largest absolute Gasteiger partial charge is 0.486 e. The van der Waals surface area contributed by atoms with Crippen molar-refractivity contribution >= 4 is 11.7 Å². The van der Waals surface area contributed by atoms with E-state index >= 15 is 0 Å². The second-order valence-electron chi connectivity index (χ2n) is 6.80. The van der Waals surface area contributed by atoms with E-state index in [1.54, 1.807) is 36.4 Å². The molecule has 1 amide bonds. The highest BCUT2D eigenvalue weighted by molar-refractivity contribution is 5.94. The maximum Gasteiger partial charge on any atom is 0.287 e. The molecule has 1 aliphatic carbocycles. The number of rotatable bonds is 6. The first-order valence-electron chi connectivity index (χ1n) is 9.25. The van der Waals surface area contributed by atoms with Gasteiger partial charge in [0.25, 0.3) is 5.91 Å². The minimum absolute atomic E-state index is 0.0203. The highest BCUT2D eigenvalue weighted by Crippen LogP contribution is 2.19. The lowest BCUT2D eigenvalue weighted by atomic mass is 10.1. The van der Waals surface area contributed by atoms with Crippen molar-refractivity contribution in [2.24, 2.45) is 0 Å². The van der Waals surface area contributed by atoms with Crippen molar-refractivity contribution in [3.63, 3.8) is 0 Å². The van der Waals surface area contributed by atoms with Gasteiger partial charge in [0, 0.05) is 11.6 Å². The Bertz CT molecular complexity index is 740. The highest BCUT2D eigenvalue weighted by Gasteiger charge is 2.18. The molecule has 1 aliphatic rings. The standard InChI is InChI=1S/C21H25NO4/c1-15(23)16-8-10-18(11-9-16)25-14-19-12-13-20(26-19)21(24)22-17-6-4-2-3-5-7-17/h8-13,17H,2-7,14H2,1H3,(H,22,24). The lowest BCUT2D eigenvalue weighted by Gasteiger charge is -2.14. The Morgan fingerprint density at radius 3 is 2.38 bits per heavy atom. The van der Waals surface area contributed by atoms with E-state index < -0.39 is 0 Å². The van der Waals surface area contributed by atoms with Gasteiger partial charge in [-0.25, -0.2) is 0 Å². The maximum atomic E-state index is 12.3. The van der Waals surface area contributed by atoms with E-state index in [1.807, 2.05) is 0 Å². The van der Waals surface area contributed by atoms with Crippen LogP contribution in [0.2, 0.25) is 0 Å². The number of ether oxygens (including phenoxy) is 1. The van der Waals surface area contributed by atoms with E-state index in [-0.39, 0.29) is 24.3 Å². The molecule has 0 aliphatic heterocycles. The van der Waals surface area contributed by atoms with Crippen LogP contribution in [0.25, 0.3) is 0 Å². The fourth-order valence-corrected chi connectivity index (χ4v) is 3.20. The van der Waals surface area contributed by atoms with Crippen molar-refractivity contribution in [1.29, 1.82) is 0 Å². The average molecular weight is 355 g/mol. The first kappa shape index (κ1) is 18.2. The SMILES string of the molecule is CC(=O)c1ccc(OCc2ccc(C(=O)NC3CCCCCC3)o2)cc1. The average Bonchev–Trinajstić information content (AvgIpc) is 2.98. The monoisotopic (exact) mass is 355 g/mol. The quantitative estimate of drug-likeness (QED) is 0.611. The summed E-state index contributed by atoms with van der Waals surface area (Å²) in [5.41, 5.74) is 0.646. The Morgan fingerprint density at radius 1 is 1.04 bits per heavy atom. The van der Waals surface area contributed by atoms with Crippen molar-refractivity contribution in [1.82, 2.24) is 5.32 Å². The molecular weight excluding hydrogens is 330 g/mol. The fraction of sp³-hybridized carbons (Fsp3) is 0.429. The Labute approximate surface area is 153 Å². The van der Waals surface area contributed by atoms with Crippen LogP contribution in [0.1, 0.15) is 72.1 Å². The molecule has 1 aromatic heterocycles. The van der Waals surface area contributed by atoms with Gasteiger partial charge in [0.1, 0.15) is 18.1 Å². The van der Waals surface area contributed by atoms with Crippen LogP contribution in [0.3, 0.4) is 0 Å². The van der Waals surface area contributed by atoms with E-state index in [0.717, 1.165) is 12.8 Å². The number of amides is 1. The lowest BCUT2D eigenvalue weighted by molar-refractivity contribution is 0.0900. The van der Waals surface area contributed by atoms with E-state index in [4.69, 9.17) is 9.15 Å². The van der Waals surface area contributed by atoms with Gasteiger partial charge < -0.3 is 14.5 Å².